The van der Waals surface area contributed by atoms with Crippen LogP contribution in [0.2, 0.25) is 0 Å². The Hall–Kier alpha value is -1.39. The van der Waals surface area contributed by atoms with E-state index in [1.807, 2.05) is 31.2 Å². The highest BCUT2D eigenvalue weighted by atomic mass is 79.9. The number of hydrogen-bond acceptors (Lipinski definition) is 2. The van der Waals surface area contributed by atoms with Crippen molar-refractivity contribution in [2.45, 2.75) is 20.1 Å². The first-order valence-electron chi connectivity index (χ1n) is 6.37. The lowest BCUT2D eigenvalue weighted by atomic mass is 10.1. The van der Waals surface area contributed by atoms with Gasteiger partial charge in [-0.05, 0) is 51.7 Å². The first-order valence-corrected chi connectivity index (χ1v) is 7.16. The van der Waals surface area contributed by atoms with Crippen LogP contribution in [0.3, 0.4) is 0 Å². The molecule has 20 heavy (non-hydrogen) atoms. The molecule has 0 amide bonds. The summed E-state index contributed by atoms with van der Waals surface area (Å²) in [6, 6.07) is 11.4. The average Bonchev–Trinajstić information content (AvgIpc) is 2.43. The Labute approximate surface area is 127 Å². The molecule has 0 atom stereocenters. The van der Waals surface area contributed by atoms with E-state index >= 15 is 0 Å². The number of ether oxygens (including phenoxy) is 1. The maximum atomic E-state index is 13.6. The summed E-state index contributed by atoms with van der Waals surface area (Å²) >= 11 is 3.19. The number of benzene rings is 2. The number of hydrogen-bond donors (Lipinski definition) is 1. The Kier molecular flexibility index (Phi) is 5.15. The van der Waals surface area contributed by atoms with Crippen LogP contribution in [0.25, 0.3) is 0 Å². The van der Waals surface area contributed by atoms with E-state index in [2.05, 4.69) is 21.2 Å². The van der Waals surface area contributed by atoms with Gasteiger partial charge in [0.25, 0.3) is 0 Å². The molecule has 0 radical (unpaired) electrons. The van der Waals surface area contributed by atoms with Crippen LogP contribution in [0.5, 0.6) is 0 Å². The predicted octanol–water partition coefficient (Wildman–Crippen LogP) is 4.66. The number of aryl methyl sites for hydroxylation is 1. The standard InChI is InChI=1S/C16H17BrFNO/c1-11-7-14(17)15(18)8-16(11)19-9-12-5-3-4-6-13(12)10-20-2/h3-8,19H,9-10H2,1-2H3. The maximum Gasteiger partial charge on any atom is 0.139 e. The van der Waals surface area contributed by atoms with E-state index < -0.39 is 0 Å². The fourth-order valence-corrected chi connectivity index (χ4v) is 2.51. The Balaban J connectivity index is 2.15. The van der Waals surface area contributed by atoms with Crippen LogP contribution in [0, 0.1) is 12.7 Å². The topological polar surface area (TPSA) is 21.3 Å². The van der Waals surface area contributed by atoms with Crippen molar-refractivity contribution in [1.29, 1.82) is 0 Å². The van der Waals surface area contributed by atoms with Gasteiger partial charge in [-0.15, -0.1) is 0 Å². The number of anilines is 1. The van der Waals surface area contributed by atoms with Gasteiger partial charge in [0.15, 0.2) is 0 Å². The van der Waals surface area contributed by atoms with Gasteiger partial charge in [-0.2, -0.15) is 0 Å². The van der Waals surface area contributed by atoms with Gasteiger partial charge in [0.2, 0.25) is 0 Å². The second-order valence-electron chi connectivity index (χ2n) is 4.64. The molecule has 0 aromatic heterocycles. The fraction of sp³-hybridized carbons (Fsp3) is 0.250. The van der Waals surface area contributed by atoms with Crippen molar-refractivity contribution >= 4 is 21.6 Å². The van der Waals surface area contributed by atoms with Crippen molar-refractivity contribution in [3.63, 3.8) is 0 Å². The van der Waals surface area contributed by atoms with Crippen molar-refractivity contribution in [3.8, 4) is 0 Å². The van der Waals surface area contributed by atoms with Gasteiger partial charge in [0.05, 0.1) is 11.1 Å². The summed E-state index contributed by atoms with van der Waals surface area (Å²) in [6.07, 6.45) is 0. The number of methoxy groups -OCH3 is 1. The summed E-state index contributed by atoms with van der Waals surface area (Å²) in [7, 11) is 1.68. The predicted molar refractivity (Wildman–Crippen MR) is 83.3 cm³/mol. The molecule has 0 unspecified atom stereocenters. The van der Waals surface area contributed by atoms with E-state index in [1.165, 1.54) is 6.07 Å². The van der Waals surface area contributed by atoms with Crippen molar-refractivity contribution in [1.82, 2.24) is 0 Å². The van der Waals surface area contributed by atoms with Crippen LogP contribution >= 0.6 is 15.9 Å². The minimum atomic E-state index is -0.261. The number of halogens is 2. The molecule has 0 saturated heterocycles. The zero-order valence-corrected chi connectivity index (χ0v) is 13.1. The highest BCUT2D eigenvalue weighted by Gasteiger charge is 2.06. The van der Waals surface area contributed by atoms with E-state index in [0.29, 0.717) is 17.6 Å². The van der Waals surface area contributed by atoms with Gasteiger partial charge in [0, 0.05) is 19.3 Å². The van der Waals surface area contributed by atoms with E-state index in [0.717, 1.165) is 22.4 Å². The molecular weight excluding hydrogens is 321 g/mol. The second kappa shape index (κ2) is 6.86. The molecule has 1 N–H and O–H groups in total. The average molecular weight is 338 g/mol. The lowest BCUT2D eigenvalue weighted by molar-refractivity contribution is 0.184. The molecule has 0 spiro atoms. The van der Waals surface area contributed by atoms with E-state index in [-0.39, 0.29) is 5.82 Å². The van der Waals surface area contributed by atoms with E-state index in [4.69, 9.17) is 4.74 Å². The largest absolute Gasteiger partial charge is 0.381 e. The third kappa shape index (κ3) is 3.58. The first-order chi connectivity index (χ1) is 9.61. The third-order valence-corrected chi connectivity index (χ3v) is 3.76. The van der Waals surface area contributed by atoms with Crippen LogP contribution in [-0.4, -0.2) is 7.11 Å². The summed E-state index contributed by atoms with van der Waals surface area (Å²) < 4.78 is 19.2. The monoisotopic (exact) mass is 337 g/mol. The molecule has 0 saturated carbocycles. The van der Waals surface area contributed by atoms with Crippen LogP contribution in [-0.2, 0) is 17.9 Å². The number of nitrogens with one attached hydrogen (secondary N) is 1. The minimum Gasteiger partial charge on any atom is -0.381 e. The second-order valence-corrected chi connectivity index (χ2v) is 5.49. The highest BCUT2D eigenvalue weighted by molar-refractivity contribution is 9.10. The highest BCUT2D eigenvalue weighted by Crippen LogP contribution is 2.24. The summed E-state index contributed by atoms with van der Waals surface area (Å²) in [5.41, 5.74) is 4.09. The zero-order valence-electron chi connectivity index (χ0n) is 11.5. The van der Waals surface area contributed by atoms with Crippen molar-refractivity contribution < 1.29 is 9.13 Å². The van der Waals surface area contributed by atoms with Crippen LogP contribution < -0.4 is 5.32 Å². The van der Waals surface area contributed by atoms with Crippen molar-refractivity contribution in [3.05, 3.63) is 63.4 Å². The first kappa shape index (κ1) is 15.0. The molecule has 2 aromatic carbocycles. The Bertz CT molecular complexity index is 601. The molecule has 2 aromatic rings. The Morgan fingerprint density at radius 2 is 1.90 bits per heavy atom. The third-order valence-electron chi connectivity index (χ3n) is 3.15. The molecule has 0 heterocycles. The normalized spacial score (nSPS) is 10.6. The quantitative estimate of drug-likeness (QED) is 0.856. The zero-order chi connectivity index (χ0) is 14.5. The lowest BCUT2D eigenvalue weighted by Gasteiger charge is -2.13. The molecule has 0 aliphatic rings. The summed E-state index contributed by atoms with van der Waals surface area (Å²) in [4.78, 5) is 0. The Morgan fingerprint density at radius 1 is 1.20 bits per heavy atom. The van der Waals surface area contributed by atoms with Gasteiger partial charge in [-0.1, -0.05) is 24.3 Å². The molecule has 0 fully saturated rings. The number of rotatable bonds is 5. The van der Waals surface area contributed by atoms with Crippen molar-refractivity contribution in [2.24, 2.45) is 0 Å². The lowest BCUT2D eigenvalue weighted by Crippen LogP contribution is -2.05. The van der Waals surface area contributed by atoms with E-state index in [9.17, 15) is 4.39 Å². The summed E-state index contributed by atoms with van der Waals surface area (Å²) in [5.74, 6) is -0.261. The van der Waals surface area contributed by atoms with Gasteiger partial charge in [0.1, 0.15) is 5.82 Å². The van der Waals surface area contributed by atoms with E-state index in [1.54, 1.807) is 13.2 Å². The molecule has 0 bridgehead atoms. The summed E-state index contributed by atoms with van der Waals surface area (Å²) in [5, 5.41) is 3.28. The van der Waals surface area contributed by atoms with Gasteiger partial charge < -0.3 is 10.1 Å². The van der Waals surface area contributed by atoms with Gasteiger partial charge in [-0.3, -0.25) is 0 Å². The van der Waals surface area contributed by atoms with Crippen LogP contribution in [0.4, 0.5) is 10.1 Å². The fourth-order valence-electron chi connectivity index (χ4n) is 2.05. The van der Waals surface area contributed by atoms with Crippen molar-refractivity contribution in [2.75, 3.05) is 12.4 Å². The molecule has 0 aliphatic carbocycles. The van der Waals surface area contributed by atoms with Gasteiger partial charge in [-0.25, -0.2) is 4.39 Å². The minimum absolute atomic E-state index is 0.261. The Morgan fingerprint density at radius 3 is 2.60 bits per heavy atom. The molecule has 4 heteroatoms. The van der Waals surface area contributed by atoms with Crippen LogP contribution in [0.15, 0.2) is 40.9 Å². The smallest absolute Gasteiger partial charge is 0.139 e. The molecule has 2 nitrogen and oxygen atoms in total. The molecular formula is C16H17BrFNO. The van der Waals surface area contributed by atoms with Crippen LogP contribution in [0.1, 0.15) is 16.7 Å². The SMILES string of the molecule is COCc1ccccc1CNc1cc(F)c(Br)cc1C. The van der Waals surface area contributed by atoms with Gasteiger partial charge >= 0.3 is 0 Å². The summed E-state index contributed by atoms with van der Waals surface area (Å²) in [6.45, 7) is 3.17. The molecule has 0 aliphatic heterocycles. The maximum absolute atomic E-state index is 13.6. The molecule has 106 valence electrons. The molecule has 2 rings (SSSR count).